The molecule has 0 atom stereocenters. The van der Waals surface area contributed by atoms with Crippen LogP contribution in [-0.2, 0) is 6.54 Å². The van der Waals surface area contributed by atoms with Crippen molar-refractivity contribution in [1.29, 1.82) is 0 Å². The Morgan fingerprint density at radius 3 is 2.67 bits per heavy atom. The molecule has 1 nitrogen and oxygen atoms in total. The first-order valence-corrected chi connectivity index (χ1v) is 7.56. The Labute approximate surface area is 126 Å². The Kier molecular flexibility index (Phi) is 2.75. The Morgan fingerprint density at radius 2 is 1.81 bits per heavy atom. The van der Waals surface area contributed by atoms with Gasteiger partial charge >= 0.3 is 0 Å². The first-order chi connectivity index (χ1) is 10.3. The van der Waals surface area contributed by atoms with Crippen LogP contribution in [0.1, 0.15) is 22.3 Å². The molecule has 0 unspecified atom stereocenters. The Morgan fingerprint density at radius 1 is 0.952 bits per heavy atom. The zero-order chi connectivity index (χ0) is 14.4. The molecule has 0 fully saturated rings. The van der Waals surface area contributed by atoms with E-state index in [0.717, 1.165) is 13.1 Å². The molecule has 2 heterocycles. The van der Waals surface area contributed by atoms with Gasteiger partial charge in [0, 0.05) is 24.4 Å². The van der Waals surface area contributed by atoms with Gasteiger partial charge in [0.15, 0.2) is 0 Å². The molecule has 0 aliphatic carbocycles. The van der Waals surface area contributed by atoms with E-state index >= 15 is 0 Å². The van der Waals surface area contributed by atoms with Crippen molar-refractivity contribution in [2.75, 3.05) is 6.54 Å². The van der Waals surface area contributed by atoms with Crippen LogP contribution in [0.2, 0.25) is 0 Å². The van der Waals surface area contributed by atoms with Gasteiger partial charge in [0.2, 0.25) is 0 Å². The van der Waals surface area contributed by atoms with Crippen LogP contribution in [0.5, 0.6) is 0 Å². The molecule has 4 rings (SSSR count). The minimum atomic E-state index is 1.03. The van der Waals surface area contributed by atoms with Gasteiger partial charge in [-0.25, -0.2) is 0 Å². The summed E-state index contributed by atoms with van der Waals surface area (Å²) in [6.45, 7) is 6.53. The van der Waals surface area contributed by atoms with E-state index in [1.165, 1.54) is 39.1 Å². The maximum atomic E-state index is 2.46. The molecule has 2 aliphatic rings. The van der Waals surface area contributed by atoms with Gasteiger partial charge in [-0.05, 0) is 47.7 Å². The van der Waals surface area contributed by atoms with E-state index in [0.29, 0.717) is 0 Å². The van der Waals surface area contributed by atoms with Gasteiger partial charge in [-0.1, -0.05) is 48.6 Å². The fourth-order valence-corrected chi connectivity index (χ4v) is 3.57. The van der Waals surface area contributed by atoms with Crippen molar-refractivity contribution in [1.82, 2.24) is 4.90 Å². The van der Waals surface area contributed by atoms with Crippen LogP contribution in [-0.4, -0.2) is 11.4 Å². The smallest absolute Gasteiger partial charge is 0.0451 e. The molecule has 1 heteroatoms. The average Bonchev–Trinajstić information content (AvgIpc) is 2.88. The molecule has 0 amide bonds. The van der Waals surface area contributed by atoms with Crippen molar-refractivity contribution in [2.24, 2.45) is 0 Å². The maximum Gasteiger partial charge on any atom is 0.0451 e. The molecular weight excluding hydrogens is 254 g/mol. The highest BCUT2D eigenvalue weighted by molar-refractivity contribution is 5.82. The molecular formula is C20H19N. The van der Waals surface area contributed by atoms with Gasteiger partial charge in [0.1, 0.15) is 0 Å². The lowest BCUT2D eigenvalue weighted by Crippen LogP contribution is -2.17. The standard InChI is InChI=1S/C20H19N/c1-14-7-3-4-8-17(14)18-11-10-16-13-21-12-6-5-9-19(21)20(16)15(18)2/h3-11H,12-13H2,1-2H3. The van der Waals surface area contributed by atoms with Crippen molar-refractivity contribution in [3.63, 3.8) is 0 Å². The molecule has 0 saturated heterocycles. The fourth-order valence-electron chi connectivity index (χ4n) is 3.57. The SMILES string of the molecule is Cc1ccccc1-c1ccc2c(c1C)C1=CC=CCN1C2. The van der Waals surface area contributed by atoms with E-state index in [1.807, 2.05) is 0 Å². The fraction of sp³-hybridized carbons (Fsp3) is 0.200. The molecule has 104 valence electrons. The minimum absolute atomic E-state index is 1.03. The van der Waals surface area contributed by atoms with E-state index in [9.17, 15) is 0 Å². The van der Waals surface area contributed by atoms with Gasteiger partial charge in [-0.15, -0.1) is 0 Å². The first-order valence-electron chi connectivity index (χ1n) is 7.56. The van der Waals surface area contributed by atoms with E-state index in [4.69, 9.17) is 0 Å². The minimum Gasteiger partial charge on any atom is -0.363 e. The van der Waals surface area contributed by atoms with E-state index in [-0.39, 0.29) is 0 Å². The van der Waals surface area contributed by atoms with E-state index < -0.39 is 0 Å². The first kappa shape index (κ1) is 12.5. The third-order valence-electron chi connectivity index (χ3n) is 4.66. The van der Waals surface area contributed by atoms with Crippen LogP contribution >= 0.6 is 0 Å². The lowest BCUT2D eigenvalue weighted by Gasteiger charge is -2.21. The second-order valence-electron chi connectivity index (χ2n) is 5.95. The summed E-state index contributed by atoms with van der Waals surface area (Å²) in [6.07, 6.45) is 6.66. The zero-order valence-corrected chi connectivity index (χ0v) is 12.6. The van der Waals surface area contributed by atoms with Gasteiger partial charge < -0.3 is 4.90 Å². The highest BCUT2D eigenvalue weighted by Gasteiger charge is 2.26. The average molecular weight is 273 g/mol. The molecule has 0 bridgehead atoms. The molecule has 0 aromatic heterocycles. The maximum absolute atomic E-state index is 2.46. The Balaban J connectivity index is 1.93. The van der Waals surface area contributed by atoms with Gasteiger partial charge in [-0.2, -0.15) is 0 Å². The number of hydrogen-bond donors (Lipinski definition) is 0. The van der Waals surface area contributed by atoms with Crippen LogP contribution in [0.25, 0.3) is 16.8 Å². The van der Waals surface area contributed by atoms with Gasteiger partial charge in [0.05, 0.1) is 0 Å². The van der Waals surface area contributed by atoms with Crippen LogP contribution in [0, 0.1) is 13.8 Å². The topological polar surface area (TPSA) is 3.24 Å². The molecule has 2 aliphatic heterocycles. The van der Waals surface area contributed by atoms with Crippen molar-refractivity contribution in [3.05, 3.63) is 76.9 Å². The Hall–Kier alpha value is -2.28. The molecule has 0 spiro atoms. The number of aryl methyl sites for hydroxylation is 1. The summed E-state index contributed by atoms with van der Waals surface area (Å²) in [5.74, 6) is 0. The molecule has 0 N–H and O–H groups in total. The van der Waals surface area contributed by atoms with Crippen LogP contribution < -0.4 is 0 Å². The predicted octanol–water partition coefficient (Wildman–Crippen LogP) is 4.70. The lowest BCUT2D eigenvalue weighted by atomic mass is 9.91. The second-order valence-corrected chi connectivity index (χ2v) is 5.95. The molecule has 0 radical (unpaired) electrons. The second kappa shape index (κ2) is 4.63. The summed E-state index contributed by atoms with van der Waals surface area (Å²) in [5, 5.41) is 0. The summed E-state index contributed by atoms with van der Waals surface area (Å²) >= 11 is 0. The van der Waals surface area contributed by atoms with Crippen molar-refractivity contribution < 1.29 is 0 Å². The number of hydrogen-bond acceptors (Lipinski definition) is 1. The Bertz CT molecular complexity index is 780. The summed E-state index contributed by atoms with van der Waals surface area (Å²) in [7, 11) is 0. The van der Waals surface area contributed by atoms with Crippen LogP contribution in [0.3, 0.4) is 0 Å². The third-order valence-corrected chi connectivity index (χ3v) is 4.66. The molecule has 2 aromatic carbocycles. The number of rotatable bonds is 1. The van der Waals surface area contributed by atoms with E-state index in [2.05, 4.69) is 73.4 Å². The zero-order valence-electron chi connectivity index (χ0n) is 12.6. The normalized spacial score (nSPS) is 15.7. The molecule has 2 aromatic rings. The van der Waals surface area contributed by atoms with Crippen molar-refractivity contribution in [2.45, 2.75) is 20.4 Å². The molecule has 21 heavy (non-hydrogen) atoms. The number of fused-ring (bicyclic) bond motifs is 3. The number of benzene rings is 2. The summed E-state index contributed by atoms with van der Waals surface area (Å²) < 4.78 is 0. The van der Waals surface area contributed by atoms with E-state index in [1.54, 1.807) is 0 Å². The van der Waals surface area contributed by atoms with Crippen molar-refractivity contribution in [3.8, 4) is 11.1 Å². The van der Waals surface area contributed by atoms with Crippen LogP contribution in [0.4, 0.5) is 0 Å². The molecule has 0 saturated carbocycles. The summed E-state index contributed by atoms with van der Waals surface area (Å²) in [5.41, 5.74) is 9.76. The lowest BCUT2D eigenvalue weighted by molar-refractivity contribution is 0.451. The quantitative estimate of drug-likeness (QED) is 0.728. The number of allylic oxidation sites excluding steroid dienone is 2. The van der Waals surface area contributed by atoms with Crippen molar-refractivity contribution >= 4 is 5.70 Å². The predicted molar refractivity (Wildman–Crippen MR) is 88.9 cm³/mol. The highest BCUT2D eigenvalue weighted by Crippen LogP contribution is 2.40. The largest absolute Gasteiger partial charge is 0.363 e. The summed E-state index contributed by atoms with van der Waals surface area (Å²) in [4.78, 5) is 2.46. The van der Waals surface area contributed by atoms with Gasteiger partial charge in [-0.3, -0.25) is 0 Å². The third kappa shape index (κ3) is 1.84. The number of nitrogens with zero attached hydrogens (tertiary/aromatic N) is 1. The summed E-state index contributed by atoms with van der Waals surface area (Å²) in [6, 6.07) is 13.3. The van der Waals surface area contributed by atoms with Crippen LogP contribution in [0.15, 0.2) is 54.6 Å². The monoisotopic (exact) mass is 273 g/mol. The van der Waals surface area contributed by atoms with Gasteiger partial charge in [0.25, 0.3) is 0 Å². The highest BCUT2D eigenvalue weighted by atomic mass is 15.2.